The minimum atomic E-state index is -1.48. The third-order valence-corrected chi connectivity index (χ3v) is 11.3. The lowest BCUT2D eigenvalue weighted by Gasteiger charge is -2.32. The Morgan fingerprint density at radius 1 is 0.828 bits per heavy atom. The lowest BCUT2D eigenvalue weighted by Crippen LogP contribution is -2.53. The molecule has 2 heterocycles. The number of halogens is 4. The molecule has 0 radical (unpaired) electrons. The van der Waals surface area contributed by atoms with Gasteiger partial charge < -0.3 is 5.11 Å². The number of amidine groups is 1. The van der Waals surface area contributed by atoms with E-state index in [1.807, 2.05) is 12.1 Å². The molecule has 3 amide bonds. The van der Waals surface area contributed by atoms with Crippen LogP contribution in [0.15, 0.2) is 76.0 Å². The topological polar surface area (TPSA) is 118 Å². The molecule has 1 fully saturated rings. The molecule has 0 aliphatic carbocycles. The maximum absolute atomic E-state index is 14.3. The van der Waals surface area contributed by atoms with Crippen molar-refractivity contribution in [2.75, 3.05) is 10.0 Å². The van der Waals surface area contributed by atoms with Crippen molar-refractivity contribution in [1.29, 1.82) is 0 Å². The van der Waals surface area contributed by atoms with Crippen LogP contribution in [0.3, 0.4) is 0 Å². The normalized spacial score (nSPS) is 17.1. The number of unbranched alkanes of at least 4 members (excludes halogenated alkanes) is 14. The number of phenolic OH excluding ortho intramolecular Hbond substituents is 1. The Bertz CT molecular complexity index is 1980. The first-order valence-electron chi connectivity index (χ1n) is 20.3. The van der Waals surface area contributed by atoms with Gasteiger partial charge in [0.1, 0.15) is 16.8 Å². The number of nitrogens with zero attached hydrogens (tertiary/aromatic N) is 6. The minimum Gasteiger partial charge on any atom is -0.508 e. The summed E-state index contributed by atoms with van der Waals surface area (Å²) in [5.74, 6) is -2.05. The second-order valence-electron chi connectivity index (χ2n) is 14.8. The highest BCUT2D eigenvalue weighted by molar-refractivity contribution is 6.43. The van der Waals surface area contributed by atoms with Gasteiger partial charge in [-0.3, -0.25) is 14.4 Å². The Balaban J connectivity index is 1.33. The Hall–Kier alpha value is -3.96. The second kappa shape index (κ2) is 22.4. The summed E-state index contributed by atoms with van der Waals surface area (Å²) < 4.78 is 0. The van der Waals surface area contributed by atoms with Crippen molar-refractivity contribution in [3.63, 3.8) is 0 Å². The number of phenols is 1. The number of benzene rings is 3. The van der Waals surface area contributed by atoms with E-state index >= 15 is 0 Å². The molecule has 2 atom stereocenters. The quantitative estimate of drug-likeness (QED) is 0.0495. The van der Waals surface area contributed by atoms with Gasteiger partial charge in [-0.1, -0.05) is 149 Å². The van der Waals surface area contributed by atoms with E-state index in [0.717, 1.165) is 28.4 Å². The summed E-state index contributed by atoms with van der Waals surface area (Å²) in [6.07, 6.45) is 23.0. The first-order valence-corrected chi connectivity index (χ1v) is 21.9. The van der Waals surface area contributed by atoms with Crippen LogP contribution in [-0.2, 0) is 14.4 Å². The first kappa shape index (κ1) is 45.1. The number of alkyl halides is 1. The third kappa shape index (κ3) is 12.1. The van der Waals surface area contributed by atoms with Crippen molar-refractivity contribution in [3.05, 3.63) is 86.9 Å². The van der Waals surface area contributed by atoms with Crippen LogP contribution in [0, 0.1) is 6.92 Å². The molecular formula is C44H52Cl4N6O4. The van der Waals surface area contributed by atoms with Gasteiger partial charge in [0, 0.05) is 5.02 Å². The highest BCUT2D eigenvalue weighted by Gasteiger charge is 2.49. The maximum Gasteiger partial charge on any atom is 0.282 e. The van der Waals surface area contributed by atoms with Gasteiger partial charge in [0.2, 0.25) is 6.04 Å². The summed E-state index contributed by atoms with van der Waals surface area (Å²) in [7, 11) is 0. The monoisotopic (exact) mass is 868 g/mol. The van der Waals surface area contributed by atoms with Crippen LogP contribution in [0.4, 0.5) is 17.1 Å². The van der Waals surface area contributed by atoms with Crippen LogP contribution in [-0.4, -0.2) is 45.1 Å². The summed E-state index contributed by atoms with van der Waals surface area (Å²) in [4.78, 5) is 41.4. The highest BCUT2D eigenvalue weighted by Crippen LogP contribution is 2.40. The van der Waals surface area contributed by atoms with Gasteiger partial charge in [-0.2, -0.15) is 20.2 Å². The summed E-state index contributed by atoms with van der Waals surface area (Å²) >= 11 is 25.6. The average molecular weight is 871 g/mol. The number of rotatable bonds is 21. The number of imide groups is 1. The van der Waals surface area contributed by atoms with Gasteiger partial charge in [-0.15, -0.1) is 16.7 Å². The van der Waals surface area contributed by atoms with E-state index in [-0.39, 0.29) is 38.8 Å². The van der Waals surface area contributed by atoms with Crippen LogP contribution < -0.4 is 10.0 Å². The molecular weight excluding hydrogens is 818 g/mol. The Labute approximate surface area is 361 Å². The van der Waals surface area contributed by atoms with Crippen LogP contribution in [0.2, 0.25) is 15.1 Å². The molecule has 3 aromatic rings. The summed E-state index contributed by atoms with van der Waals surface area (Å²) in [5, 5.41) is 25.7. The van der Waals surface area contributed by atoms with Gasteiger partial charge in [0.25, 0.3) is 17.7 Å². The van der Waals surface area contributed by atoms with Crippen molar-refractivity contribution in [2.24, 2.45) is 15.3 Å². The van der Waals surface area contributed by atoms with Gasteiger partial charge in [-0.05, 0) is 73.4 Å². The smallest absolute Gasteiger partial charge is 0.282 e. The number of carbonyl (C=O) groups excluding carboxylic acids is 3. The van der Waals surface area contributed by atoms with E-state index in [0.29, 0.717) is 16.9 Å². The Morgan fingerprint density at radius 2 is 1.45 bits per heavy atom. The Morgan fingerprint density at radius 3 is 2.03 bits per heavy atom. The predicted octanol–water partition coefficient (Wildman–Crippen LogP) is 13.1. The van der Waals surface area contributed by atoms with Gasteiger partial charge >= 0.3 is 0 Å². The largest absolute Gasteiger partial charge is 0.508 e. The second-order valence-corrected chi connectivity index (χ2v) is 16.6. The van der Waals surface area contributed by atoms with Gasteiger partial charge in [0.15, 0.2) is 5.84 Å². The van der Waals surface area contributed by atoms with Crippen molar-refractivity contribution < 1.29 is 19.5 Å². The molecule has 0 spiro atoms. The average Bonchev–Trinajstić information content (AvgIpc) is 3.63. The number of hydrogen-bond acceptors (Lipinski definition) is 8. The van der Waals surface area contributed by atoms with E-state index < -0.39 is 29.1 Å². The molecule has 2 aliphatic rings. The molecule has 1 saturated heterocycles. The fourth-order valence-corrected chi connectivity index (χ4v) is 8.20. The standard InChI is InChI=1S/C44H52Cl4N6O4/c1-3-4-5-6-7-8-9-10-11-12-13-14-15-16-17-18-20-31-21-19-22-34(26-31)53(54-39(56)29-37(48)43(54)57)42-40(50-49-33-23-24-38(55)30(2)25-33)44(58)52(51-42)41-35(46)27-32(45)28-36(41)47/h18-28,37,40,55H,3-17,29H2,1-2H3. The number of carbonyl (C=O) groups is 3. The van der Waals surface area contributed by atoms with E-state index in [1.165, 1.54) is 113 Å². The fraction of sp³-hybridized carbons (Fsp3) is 0.455. The molecule has 5 rings (SSSR count). The van der Waals surface area contributed by atoms with Crippen molar-refractivity contribution >= 4 is 93.1 Å². The zero-order valence-corrected chi connectivity index (χ0v) is 36.2. The van der Waals surface area contributed by atoms with E-state index in [4.69, 9.17) is 46.4 Å². The lowest BCUT2D eigenvalue weighted by molar-refractivity contribution is -0.138. The molecule has 0 aromatic heterocycles. The number of aromatic hydroxyl groups is 1. The van der Waals surface area contributed by atoms with E-state index in [9.17, 15) is 19.5 Å². The molecule has 2 aliphatic heterocycles. The molecule has 310 valence electrons. The van der Waals surface area contributed by atoms with E-state index in [1.54, 1.807) is 31.2 Å². The molecule has 1 N–H and O–H groups in total. The third-order valence-electron chi connectivity index (χ3n) is 10.2. The van der Waals surface area contributed by atoms with Gasteiger partial charge in [-0.25, -0.2) is 5.01 Å². The molecule has 0 bridgehead atoms. The van der Waals surface area contributed by atoms with Crippen molar-refractivity contribution in [2.45, 2.75) is 128 Å². The van der Waals surface area contributed by atoms with Crippen LogP contribution in [0.25, 0.3) is 6.08 Å². The fourth-order valence-electron chi connectivity index (χ4n) is 6.99. The molecule has 2 unspecified atom stereocenters. The highest BCUT2D eigenvalue weighted by atomic mass is 35.5. The molecule has 14 heteroatoms. The summed E-state index contributed by atoms with van der Waals surface area (Å²) in [5.41, 5.74) is 2.07. The summed E-state index contributed by atoms with van der Waals surface area (Å²) in [6.45, 7) is 3.96. The maximum atomic E-state index is 14.3. The SMILES string of the molecule is CCCCCCCCCCCCCCCCC=Cc1cccc(N(C2=NN(c3c(Cl)cc(Cl)cc3Cl)C(=O)C2N=Nc2ccc(O)c(C)c2)N2C(=O)CC(Cl)C2=O)c1. The van der Waals surface area contributed by atoms with Gasteiger partial charge in [0.05, 0.1) is 27.8 Å². The van der Waals surface area contributed by atoms with Crippen LogP contribution >= 0.6 is 46.4 Å². The van der Waals surface area contributed by atoms with Crippen LogP contribution in [0.5, 0.6) is 5.75 Å². The number of azo groups is 1. The zero-order chi connectivity index (χ0) is 41.6. The number of anilines is 2. The number of aryl methyl sites for hydroxylation is 1. The zero-order valence-electron chi connectivity index (χ0n) is 33.2. The van der Waals surface area contributed by atoms with Crippen molar-refractivity contribution in [1.82, 2.24) is 5.01 Å². The number of allylic oxidation sites excluding steroid dienone is 1. The molecule has 10 nitrogen and oxygen atoms in total. The molecule has 58 heavy (non-hydrogen) atoms. The molecule has 3 aromatic carbocycles. The first-order chi connectivity index (χ1) is 28.0. The lowest BCUT2D eigenvalue weighted by atomic mass is 10.0. The number of hydrazine groups is 1. The van der Waals surface area contributed by atoms with Crippen LogP contribution in [0.1, 0.15) is 121 Å². The number of hydrogen-bond donors (Lipinski definition) is 1. The van der Waals surface area contributed by atoms with Crippen molar-refractivity contribution in [3.8, 4) is 5.75 Å². The Kier molecular flexibility index (Phi) is 17.4. The number of amides is 3. The minimum absolute atomic E-state index is 0.0304. The molecule has 0 saturated carbocycles. The number of hydrazone groups is 1. The predicted molar refractivity (Wildman–Crippen MR) is 237 cm³/mol. The summed E-state index contributed by atoms with van der Waals surface area (Å²) in [6, 6.07) is 13.1. The van der Waals surface area contributed by atoms with E-state index in [2.05, 4.69) is 28.3 Å².